The van der Waals surface area contributed by atoms with Crippen LogP contribution in [0, 0.1) is 6.92 Å². The van der Waals surface area contributed by atoms with Crippen LogP contribution in [-0.2, 0) is 4.79 Å². The highest BCUT2D eigenvalue weighted by Crippen LogP contribution is 2.28. The molecule has 5 nitrogen and oxygen atoms in total. The Morgan fingerprint density at radius 3 is 2.43 bits per heavy atom. The Balaban J connectivity index is 2.28. The molecular weight excluding hydrogens is 360 g/mol. The molecule has 0 fully saturated rings. The van der Waals surface area contributed by atoms with Gasteiger partial charge >= 0.3 is 0 Å². The zero-order valence-corrected chi connectivity index (χ0v) is 14.7. The molecule has 0 spiro atoms. The van der Waals surface area contributed by atoms with Gasteiger partial charge in [0.15, 0.2) is 0 Å². The molecule has 0 heterocycles. The van der Waals surface area contributed by atoms with Crippen LogP contribution in [-0.4, -0.2) is 18.9 Å². The number of carbonyl (C=O) groups excluding carboxylic acids is 2. The van der Waals surface area contributed by atoms with E-state index in [2.05, 4.69) is 26.6 Å². The fourth-order valence-electron chi connectivity index (χ4n) is 2.06. The third-order valence-corrected chi connectivity index (χ3v) is 3.71. The van der Waals surface area contributed by atoms with Gasteiger partial charge in [0.1, 0.15) is 5.75 Å². The van der Waals surface area contributed by atoms with Crippen molar-refractivity contribution in [3.05, 3.63) is 52.0 Å². The second-order valence-corrected chi connectivity index (χ2v) is 5.93. The van der Waals surface area contributed by atoms with Crippen molar-refractivity contribution in [3.63, 3.8) is 0 Å². The van der Waals surface area contributed by atoms with Crippen molar-refractivity contribution in [2.24, 2.45) is 0 Å². The number of rotatable bonds is 4. The fourth-order valence-corrected chi connectivity index (χ4v) is 2.42. The van der Waals surface area contributed by atoms with Crippen molar-refractivity contribution in [2.45, 2.75) is 13.8 Å². The van der Waals surface area contributed by atoms with Gasteiger partial charge in [0.05, 0.1) is 12.8 Å². The lowest BCUT2D eigenvalue weighted by molar-refractivity contribution is -0.114. The summed E-state index contributed by atoms with van der Waals surface area (Å²) < 4.78 is 6.07. The summed E-state index contributed by atoms with van der Waals surface area (Å²) in [6.07, 6.45) is 0. The molecule has 2 N–H and O–H groups in total. The minimum Gasteiger partial charge on any atom is -0.495 e. The van der Waals surface area contributed by atoms with Gasteiger partial charge < -0.3 is 15.4 Å². The molecule has 120 valence electrons. The lowest BCUT2D eigenvalue weighted by Crippen LogP contribution is -2.14. The van der Waals surface area contributed by atoms with Crippen LogP contribution in [0.25, 0.3) is 0 Å². The van der Waals surface area contributed by atoms with Gasteiger partial charge in [-0.05, 0) is 42.8 Å². The molecule has 6 heteroatoms. The summed E-state index contributed by atoms with van der Waals surface area (Å²) in [6, 6.07) is 10.5. The Morgan fingerprint density at radius 1 is 1.04 bits per heavy atom. The Labute approximate surface area is 143 Å². The molecule has 0 aliphatic carbocycles. The maximum absolute atomic E-state index is 12.4. The molecule has 0 aromatic heterocycles. The number of benzene rings is 2. The van der Waals surface area contributed by atoms with Crippen molar-refractivity contribution >= 4 is 39.1 Å². The van der Waals surface area contributed by atoms with Crippen LogP contribution in [0.4, 0.5) is 11.4 Å². The standard InChI is InChI=1S/C17H17BrN2O3/c1-10-4-5-12(8-14(10)19-11(2)21)17(22)20-15-9-13(18)6-7-16(15)23-3/h4-9H,1-3H3,(H,19,21)(H,20,22). The number of hydrogen-bond acceptors (Lipinski definition) is 3. The molecule has 0 saturated carbocycles. The van der Waals surface area contributed by atoms with Gasteiger partial charge in [0.25, 0.3) is 5.91 Å². The van der Waals surface area contributed by atoms with E-state index >= 15 is 0 Å². The molecule has 23 heavy (non-hydrogen) atoms. The van der Waals surface area contributed by atoms with Crippen molar-refractivity contribution in [1.82, 2.24) is 0 Å². The number of halogens is 1. The fraction of sp³-hybridized carbons (Fsp3) is 0.176. The van der Waals surface area contributed by atoms with E-state index in [1.807, 2.05) is 13.0 Å². The SMILES string of the molecule is COc1ccc(Br)cc1NC(=O)c1ccc(C)c(NC(C)=O)c1. The first-order chi connectivity index (χ1) is 10.9. The summed E-state index contributed by atoms with van der Waals surface area (Å²) in [5.41, 5.74) is 2.51. The summed E-state index contributed by atoms with van der Waals surface area (Å²) in [6.45, 7) is 3.29. The number of amides is 2. The Morgan fingerprint density at radius 2 is 1.78 bits per heavy atom. The van der Waals surface area contributed by atoms with Crippen molar-refractivity contribution < 1.29 is 14.3 Å². The van der Waals surface area contributed by atoms with Crippen LogP contribution in [0.15, 0.2) is 40.9 Å². The van der Waals surface area contributed by atoms with Gasteiger partial charge in [-0.1, -0.05) is 22.0 Å². The number of carbonyl (C=O) groups is 2. The first-order valence-corrected chi connectivity index (χ1v) is 7.73. The quantitative estimate of drug-likeness (QED) is 0.847. The van der Waals surface area contributed by atoms with Crippen LogP contribution < -0.4 is 15.4 Å². The monoisotopic (exact) mass is 376 g/mol. The van der Waals surface area contributed by atoms with Gasteiger partial charge in [-0.2, -0.15) is 0 Å². The average Bonchev–Trinajstić information content (AvgIpc) is 2.49. The van der Waals surface area contributed by atoms with Crippen LogP contribution in [0.2, 0.25) is 0 Å². The van der Waals surface area contributed by atoms with Crippen molar-refractivity contribution in [3.8, 4) is 5.75 Å². The third-order valence-electron chi connectivity index (χ3n) is 3.22. The maximum atomic E-state index is 12.4. The minimum absolute atomic E-state index is 0.181. The highest BCUT2D eigenvalue weighted by molar-refractivity contribution is 9.10. The molecule has 0 unspecified atom stereocenters. The van der Waals surface area contributed by atoms with E-state index in [9.17, 15) is 9.59 Å². The largest absolute Gasteiger partial charge is 0.495 e. The van der Waals surface area contributed by atoms with Gasteiger partial charge in [-0.3, -0.25) is 9.59 Å². The first-order valence-electron chi connectivity index (χ1n) is 6.94. The molecule has 2 amide bonds. The first kappa shape index (κ1) is 17.0. The van der Waals surface area contributed by atoms with E-state index < -0.39 is 0 Å². The lowest BCUT2D eigenvalue weighted by atomic mass is 10.1. The molecule has 0 radical (unpaired) electrons. The lowest BCUT2D eigenvalue weighted by Gasteiger charge is -2.12. The molecule has 2 aromatic carbocycles. The number of ether oxygens (including phenoxy) is 1. The van der Waals surface area contributed by atoms with Crippen LogP contribution in [0.5, 0.6) is 5.75 Å². The molecule has 2 aromatic rings. The summed E-state index contributed by atoms with van der Waals surface area (Å²) in [4.78, 5) is 23.7. The highest BCUT2D eigenvalue weighted by atomic mass is 79.9. The minimum atomic E-state index is -0.284. The number of nitrogens with one attached hydrogen (secondary N) is 2. The Bertz CT molecular complexity index is 759. The number of hydrogen-bond donors (Lipinski definition) is 2. The number of anilines is 2. The topological polar surface area (TPSA) is 67.4 Å². The second kappa shape index (κ2) is 7.28. The zero-order valence-electron chi connectivity index (χ0n) is 13.1. The second-order valence-electron chi connectivity index (χ2n) is 5.01. The Kier molecular flexibility index (Phi) is 5.39. The zero-order chi connectivity index (χ0) is 17.0. The predicted molar refractivity (Wildman–Crippen MR) is 94.1 cm³/mol. The summed E-state index contributed by atoms with van der Waals surface area (Å²) >= 11 is 3.37. The molecule has 0 aliphatic rings. The normalized spacial score (nSPS) is 10.1. The van der Waals surface area contributed by atoms with Gasteiger partial charge in [-0.25, -0.2) is 0 Å². The van der Waals surface area contributed by atoms with E-state index in [-0.39, 0.29) is 11.8 Å². The van der Waals surface area contributed by atoms with Crippen molar-refractivity contribution in [2.75, 3.05) is 17.7 Å². The third kappa shape index (κ3) is 4.32. The van der Waals surface area contributed by atoms with E-state index in [1.165, 1.54) is 6.92 Å². The smallest absolute Gasteiger partial charge is 0.255 e. The average molecular weight is 377 g/mol. The maximum Gasteiger partial charge on any atom is 0.255 e. The summed E-state index contributed by atoms with van der Waals surface area (Å²) in [5, 5.41) is 5.52. The molecule has 0 bridgehead atoms. The van der Waals surface area contributed by atoms with E-state index in [0.29, 0.717) is 22.7 Å². The van der Waals surface area contributed by atoms with Gasteiger partial charge in [-0.15, -0.1) is 0 Å². The number of methoxy groups -OCH3 is 1. The Hall–Kier alpha value is -2.34. The molecule has 0 saturated heterocycles. The molecule has 0 atom stereocenters. The van der Waals surface area contributed by atoms with Crippen LogP contribution in [0.1, 0.15) is 22.8 Å². The molecule has 0 aliphatic heterocycles. The summed E-state index contributed by atoms with van der Waals surface area (Å²) in [5.74, 6) is 0.100. The summed E-state index contributed by atoms with van der Waals surface area (Å²) in [7, 11) is 1.54. The number of aryl methyl sites for hydroxylation is 1. The molecule has 2 rings (SSSR count). The van der Waals surface area contributed by atoms with E-state index in [0.717, 1.165) is 10.0 Å². The molecular formula is C17H17BrN2O3. The predicted octanol–water partition coefficient (Wildman–Crippen LogP) is 3.98. The van der Waals surface area contributed by atoms with Crippen LogP contribution in [0.3, 0.4) is 0 Å². The van der Waals surface area contributed by atoms with Gasteiger partial charge in [0, 0.05) is 22.6 Å². The highest BCUT2D eigenvalue weighted by Gasteiger charge is 2.12. The van der Waals surface area contributed by atoms with E-state index in [4.69, 9.17) is 4.74 Å². The van der Waals surface area contributed by atoms with Gasteiger partial charge in [0.2, 0.25) is 5.91 Å². The van der Waals surface area contributed by atoms with Crippen molar-refractivity contribution in [1.29, 1.82) is 0 Å². The van der Waals surface area contributed by atoms with Crippen LogP contribution >= 0.6 is 15.9 Å². The van der Waals surface area contributed by atoms with E-state index in [1.54, 1.807) is 37.4 Å².